The van der Waals surface area contributed by atoms with E-state index in [0.29, 0.717) is 41.8 Å². The molecule has 3 aromatic rings. The summed E-state index contributed by atoms with van der Waals surface area (Å²) < 4.78 is 10.7. The molecule has 30 heavy (non-hydrogen) atoms. The van der Waals surface area contributed by atoms with Gasteiger partial charge >= 0.3 is 0 Å². The molecule has 1 N–H and O–H groups in total. The molecule has 4 heterocycles. The van der Waals surface area contributed by atoms with E-state index in [2.05, 4.69) is 20.0 Å². The lowest BCUT2D eigenvalue weighted by Gasteiger charge is -2.43. The Morgan fingerprint density at radius 2 is 1.93 bits per heavy atom. The van der Waals surface area contributed by atoms with E-state index in [1.54, 1.807) is 19.4 Å². The van der Waals surface area contributed by atoms with Crippen LogP contribution in [0.2, 0.25) is 5.15 Å². The van der Waals surface area contributed by atoms with Crippen molar-refractivity contribution in [3.05, 3.63) is 59.2 Å². The fourth-order valence-electron chi connectivity index (χ4n) is 4.85. The molecule has 0 aliphatic carbocycles. The number of piperidine rings is 1. The standard InChI is InChI=1S/C22H23ClN4O3/c1-29-17-8-4-14(5-9-17)22(28)11-15-6-7-16(12-22)27(15)13-19-25-21(26-30-19)18-3-2-10-24-20(18)23/h2-5,8-10,15-16,28H,6-7,11-13H2,1H3. The molecule has 5 rings (SSSR count). The molecule has 156 valence electrons. The minimum Gasteiger partial charge on any atom is -0.497 e. The maximum Gasteiger partial charge on any atom is 0.241 e. The second kappa shape index (κ2) is 7.65. The number of pyridine rings is 1. The van der Waals surface area contributed by atoms with Crippen LogP contribution in [0.5, 0.6) is 5.75 Å². The van der Waals surface area contributed by atoms with Gasteiger partial charge in [0.25, 0.3) is 0 Å². The Morgan fingerprint density at radius 3 is 2.60 bits per heavy atom. The van der Waals surface area contributed by atoms with Crippen molar-refractivity contribution in [3.8, 4) is 17.1 Å². The van der Waals surface area contributed by atoms with Crippen molar-refractivity contribution in [2.45, 2.75) is 49.9 Å². The molecule has 2 aliphatic heterocycles. The summed E-state index contributed by atoms with van der Waals surface area (Å²) in [4.78, 5) is 11.0. The largest absolute Gasteiger partial charge is 0.497 e. The molecule has 0 saturated carbocycles. The van der Waals surface area contributed by atoms with Crippen LogP contribution in [0.1, 0.15) is 37.1 Å². The molecule has 7 nitrogen and oxygen atoms in total. The van der Waals surface area contributed by atoms with Crippen LogP contribution < -0.4 is 4.74 Å². The van der Waals surface area contributed by atoms with Crippen LogP contribution in [0.3, 0.4) is 0 Å². The normalized spacial score (nSPS) is 26.1. The molecular weight excluding hydrogens is 404 g/mol. The molecule has 2 aromatic heterocycles. The van der Waals surface area contributed by atoms with Gasteiger partial charge in [-0.05, 0) is 55.5 Å². The van der Waals surface area contributed by atoms with Gasteiger partial charge in [0.2, 0.25) is 11.7 Å². The Balaban J connectivity index is 1.32. The van der Waals surface area contributed by atoms with Crippen LogP contribution in [-0.2, 0) is 12.1 Å². The number of halogens is 1. The molecule has 0 spiro atoms. The average molecular weight is 427 g/mol. The van der Waals surface area contributed by atoms with E-state index in [9.17, 15) is 5.11 Å². The van der Waals surface area contributed by atoms with Gasteiger partial charge in [-0.15, -0.1) is 0 Å². The van der Waals surface area contributed by atoms with Gasteiger partial charge in [0.15, 0.2) is 0 Å². The van der Waals surface area contributed by atoms with Crippen molar-refractivity contribution >= 4 is 11.6 Å². The molecular formula is C22H23ClN4O3. The molecule has 2 aliphatic rings. The maximum atomic E-state index is 11.4. The number of fused-ring (bicyclic) bond motifs is 2. The topological polar surface area (TPSA) is 84.5 Å². The van der Waals surface area contributed by atoms with E-state index >= 15 is 0 Å². The Hall–Kier alpha value is -2.48. The maximum absolute atomic E-state index is 11.4. The number of methoxy groups -OCH3 is 1. The van der Waals surface area contributed by atoms with Crippen molar-refractivity contribution in [2.75, 3.05) is 7.11 Å². The van der Waals surface area contributed by atoms with Crippen molar-refractivity contribution in [1.29, 1.82) is 0 Å². The molecule has 8 heteroatoms. The van der Waals surface area contributed by atoms with Crippen LogP contribution in [0.4, 0.5) is 0 Å². The van der Waals surface area contributed by atoms with Crippen LogP contribution >= 0.6 is 11.6 Å². The first kappa shape index (κ1) is 19.5. The Labute approximate surface area is 179 Å². The van der Waals surface area contributed by atoms with Crippen molar-refractivity contribution in [1.82, 2.24) is 20.0 Å². The lowest BCUT2D eigenvalue weighted by molar-refractivity contribution is -0.0617. The zero-order valence-electron chi connectivity index (χ0n) is 16.7. The highest BCUT2D eigenvalue weighted by Gasteiger charge is 2.48. The summed E-state index contributed by atoms with van der Waals surface area (Å²) >= 11 is 6.15. The zero-order chi connectivity index (χ0) is 20.7. The van der Waals surface area contributed by atoms with Gasteiger partial charge < -0.3 is 14.4 Å². The van der Waals surface area contributed by atoms with Crippen LogP contribution in [0.25, 0.3) is 11.4 Å². The minimum atomic E-state index is -0.822. The van der Waals surface area contributed by atoms with E-state index in [0.717, 1.165) is 24.2 Å². The van der Waals surface area contributed by atoms with E-state index in [1.807, 2.05) is 30.3 Å². The monoisotopic (exact) mass is 426 g/mol. The van der Waals surface area contributed by atoms with Crippen molar-refractivity contribution in [3.63, 3.8) is 0 Å². The Morgan fingerprint density at radius 1 is 1.20 bits per heavy atom. The summed E-state index contributed by atoms with van der Waals surface area (Å²) in [6.07, 6.45) is 5.11. The smallest absolute Gasteiger partial charge is 0.241 e. The zero-order valence-corrected chi connectivity index (χ0v) is 17.4. The van der Waals surface area contributed by atoms with Crippen molar-refractivity contribution < 1.29 is 14.4 Å². The fourth-order valence-corrected chi connectivity index (χ4v) is 5.05. The second-order valence-electron chi connectivity index (χ2n) is 8.08. The Bertz CT molecular complexity index is 1020. The first-order valence-electron chi connectivity index (χ1n) is 10.1. The van der Waals surface area contributed by atoms with Gasteiger partial charge in [-0.25, -0.2) is 4.98 Å². The van der Waals surface area contributed by atoms with Gasteiger partial charge in [-0.2, -0.15) is 4.98 Å². The fraction of sp³-hybridized carbons (Fsp3) is 0.409. The third-order valence-electron chi connectivity index (χ3n) is 6.33. The number of ether oxygens (including phenoxy) is 1. The quantitative estimate of drug-likeness (QED) is 0.621. The highest BCUT2D eigenvalue weighted by Crippen LogP contribution is 2.46. The lowest BCUT2D eigenvalue weighted by atomic mass is 9.80. The highest BCUT2D eigenvalue weighted by molar-refractivity contribution is 6.31. The molecule has 2 unspecified atom stereocenters. The van der Waals surface area contributed by atoms with E-state index in [-0.39, 0.29) is 12.1 Å². The number of rotatable bonds is 5. The van der Waals surface area contributed by atoms with E-state index in [1.165, 1.54) is 0 Å². The van der Waals surface area contributed by atoms with Gasteiger partial charge in [-0.1, -0.05) is 28.9 Å². The third-order valence-corrected chi connectivity index (χ3v) is 6.63. The van der Waals surface area contributed by atoms with Gasteiger partial charge in [0.1, 0.15) is 10.9 Å². The molecule has 1 aromatic carbocycles. The number of aliphatic hydroxyl groups is 1. The molecule has 2 saturated heterocycles. The van der Waals surface area contributed by atoms with Gasteiger partial charge in [0, 0.05) is 18.3 Å². The summed E-state index contributed by atoms with van der Waals surface area (Å²) in [5.74, 6) is 1.79. The summed E-state index contributed by atoms with van der Waals surface area (Å²) in [5, 5.41) is 15.8. The molecule has 0 amide bonds. The number of hydrogen-bond donors (Lipinski definition) is 1. The predicted octanol–water partition coefficient (Wildman–Crippen LogP) is 3.81. The number of nitrogens with zero attached hydrogens (tertiary/aromatic N) is 4. The van der Waals surface area contributed by atoms with Gasteiger partial charge in [-0.3, -0.25) is 4.90 Å². The predicted molar refractivity (Wildman–Crippen MR) is 111 cm³/mol. The van der Waals surface area contributed by atoms with Crippen molar-refractivity contribution in [2.24, 2.45) is 0 Å². The summed E-state index contributed by atoms with van der Waals surface area (Å²) in [5.41, 5.74) is 0.786. The average Bonchev–Trinajstić information content (AvgIpc) is 3.31. The lowest BCUT2D eigenvalue weighted by Crippen LogP contribution is -2.49. The second-order valence-corrected chi connectivity index (χ2v) is 8.44. The minimum absolute atomic E-state index is 0.271. The first-order chi connectivity index (χ1) is 14.6. The molecule has 2 atom stereocenters. The number of aromatic nitrogens is 3. The van der Waals surface area contributed by atoms with Gasteiger partial charge in [0.05, 0.1) is 24.8 Å². The molecule has 2 fully saturated rings. The summed E-state index contributed by atoms with van der Waals surface area (Å²) in [6, 6.07) is 11.9. The van der Waals surface area contributed by atoms with E-state index in [4.69, 9.17) is 20.9 Å². The SMILES string of the molecule is COc1ccc(C2(O)CC3CCC(C2)N3Cc2nc(-c3cccnc3Cl)no2)cc1. The highest BCUT2D eigenvalue weighted by atomic mass is 35.5. The molecule has 2 bridgehead atoms. The van der Waals surface area contributed by atoms with Crippen LogP contribution in [-0.4, -0.2) is 44.3 Å². The summed E-state index contributed by atoms with van der Waals surface area (Å²) in [6.45, 7) is 0.568. The molecule has 0 radical (unpaired) electrons. The van der Waals surface area contributed by atoms with E-state index < -0.39 is 5.60 Å². The number of hydrogen-bond acceptors (Lipinski definition) is 7. The number of benzene rings is 1. The van der Waals surface area contributed by atoms with Crippen LogP contribution in [0.15, 0.2) is 47.1 Å². The third kappa shape index (κ3) is 3.47. The van der Waals surface area contributed by atoms with Crippen LogP contribution in [0, 0.1) is 0 Å². The Kier molecular flexibility index (Phi) is 4.97. The first-order valence-corrected chi connectivity index (χ1v) is 10.5. The summed E-state index contributed by atoms with van der Waals surface area (Å²) in [7, 11) is 1.65.